The molecule has 0 saturated carbocycles. The van der Waals surface area contributed by atoms with Gasteiger partial charge in [0.1, 0.15) is 5.75 Å². The van der Waals surface area contributed by atoms with Crippen LogP contribution in [0, 0.1) is 6.92 Å². The van der Waals surface area contributed by atoms with E-state index in [4.69, 9.17) is 21.1 Å². The van der Waals surface area contributed by atoms with Gasteiger partial charge in [0.15, 0.2) is 6.23 Å². The van der Waals surface area contributed by atoms with Crippen molar-refractivity contribution in [1.29, 1.82) is 0 Å². The maximum absolute atomic E-state index is 11.9. The average Bonchev–Trinajstić information content (AvgIpc) is 2.50. The number of anilines is 1. The second kappa shape index (κ2) is 7.88. The summed E-state index contributed by atoms with van der Waals surface area (Å²) in [6.07, 6.45) is -1.19. The van der Waals surface area contributed by atoms with Crippen molar-refractivity contribution in [2.45, 2.75) is 27.0 Å². The summed E-state index contributed by atoms with van der Waals surface area (Å²) >= 11 is 5.80. The van der Waals surface area contributed by atoms with Crippen LogP contribution in [0.2, 0.25) is 5.02 Å². The Labute approximate surface area is 141 Å². The average molecular weight is 334 g/mol. The number of carbonyl (C=O) groups excluding carboxylic acids is 1. The Hall–Kier alpha value is -2.20. The van der Waals surface area contributed by atoms with Gasteiger partial charge in [-0.15, -0.1) is 0 Å². The monoisotopic (exact) mass is 333 g/mol. The number of carbonyl (C=O) groups is 1. The van der Waals surface area contributed by atoms with Gasteiger partial charge in [0.2, 0.25) is 0 Å². The summed E-state index contributed by atoms with van der Waals surface area (Å²) < 4.78 is 10.5. The van der Waals surface area contributed by atoms with E-state index in [0.29, 0.717) is 17.3 Å². The molecule has 0 bridgehead atoms. The third kappa shape index (κ3) is 4.89. The quantitative estimate of drug-likeness (QED) is 0.436. The molecule has 0 amide bonds. The Bertz CT molecular complexity index is 658. The molecule has 0 aliphatic rings. The highest BCUT2D eigenvalue weighted by atomic mass is 35.5. The number of aryl methyl sites for hydroxylation is 1. The van der Waals surface area contributed by atoms with Crippen molar-refractivity contribution >= 4 is 23.4 Å². The molecule has 4 nitrogen and oxygen atoms in total. The van der Waals surface area contributed by atoms with Crippen LogP contribution in [0.3, 0.4) is 0 Å². The van der Waals surface area contributed by atoms with Crippen LogP contribution in [0.15, 0.2) is 48.5 Å². The molecule has 0 saturated heterocycles. The lowest BCUT2D eigenvalue weighted by Crippen LogP contribution is -2.37. The lowest BCUT2D eigenvalue weighted by molar-refractivity contribution is 0.0645. The van der Waals surface area contributed by atoms with Crippen molar-refractivity contribution < 1.29 is 14.3 Å². The van der Waals surface area contributed by atoms with E-state index in [-0.39, 0.29) is 0 Å². The maximum Gasteiger partial charge on any atom is 0.515 e. The molecule has 0 aliphatic heterocycles. The Kier molecular flexibility index (Phi) is 5.88. The summed E-state index contributed by atoms with van der Waals surface area (Å²) in [6.45, 7) is 6.55. The minimum atomic E-state index is -0.745. The highest BCUT2D eigenvalue weighted by molar-refractivity contribution is 6.30. The largest absolute Gasteiger partial charge is 0.515 e. The van der Waals surface area contributed by atoms with E-state index in [9.17, 15) is 4.79 Å². The molecule has 5 heteroatoms. The summed E-state index contributed by atoms with van der Waals surface area (Å²) in [4.78, 5) is 13.9. The van der Waals surface area contributed by atoms with Gasteiger partial charge in [0.05, 0.1) is 0 Å². The van der Waals surface area contributed by atoms with Crippen molar-refractivity contribution in [3.05, 3.63) is 59.1 Å². The number of nitrogens with zero attached hydrogens (tertiary/aromatic N) is 1. The molecule has 0 heterocycles. The van der Waals surface area contributed by atoms with Gasteiger partial charge in [-0.1, -0.05) is 23.7 Å². The zero-order valence-electron chi connectivity index (χ0n) is 13.5. The van der Waals surface area contributed by atoms with Gasteiger partial charge in [-0.05, 0) is 62.7 Å². The first kappa shape index (κ1) is 17.2. The van der Waals surface area contributed by atoms with Crippen LogP contribution >= 0.6 is 11.6 Å². The van der Waals surface area contributed by atoms with Crippen molar-refractivity contribution in [2.75, 3.05) is 11.4 Å². The first-order chi connectivity index (χ1) is 11.0. The predicted molar refractivity (Wildman–Crippen MR) is 92.2 cm³/mol. The number of benzene rings is 2. The van der Waals surface area contributed by atoms with E-state index in [1.807, 2.05) is 49.9 Å². The molecule has 2 rings (SSSR count). The van der Waals surface area contributed by atoms with Crippen molar-refractivity contribution in [3.63, 3.8) is 0 Å². The number of halogens is 1. The maximum atomic E-state index is 11.9. The highest BCUT2D eigenvalue weighted by Crippen LogP contribution is 2.20. The molecule has 1 atom stereocenters. The molecule has 0 spiro atoms. The summed E-state index contributed by atoms with van der Waals surface area (Å²) in [7, 11) is 0. The summed E-state index contributed by atoms with van der Waals surface area (Å²) in [5.41, 5.74) is 2.15. The van der Waals surface area contributed by atoms with Crippen LogP contribution < -0.4 is 9.64 Å². The van der Waals surface area contributed by atoms with Gasteiger partial charge in [-0.25, -0.2) is 4.79 Å². The Balaban J connectivity index is 1.99. The van der Waals surface area contributed by atoms with Crippen LogP contribution in [-0.4, -0.2) is 18.9 Å². The molecule has 0 aromatic heterocycles. The van der Waals surface area contributed by atoms with E-state index in [1.165, 1.54) is 0 Å². The standard InChI is InChI=1S/C18H20ClNO3/c1-4-20(16-7-5-6-13(2)12-16)14(3)22-18(21)23-17-10-8-15(19)9-11-17/h5-12,14H,4H2,1-3H3. The van der Waals surface area contributed by atoms with Gasteiger partial charge in [0, 0.05) is 17.3 Å². The molecular formula is C18H20ClNO3. The van der Waals surface area contributed by atoms with Crippen LogP contribution in [0.5, 0.6) is 5.75 Å². The van der Waals surface area contributed by atoms with E-state index < -0.39 is 12.4 Å². The first-order valence-electron chi connectivity index (χ1n) is 7.47. The predicted octanol–water partition coefficient (Wildman–Crippen LogP) is 5.04. The lowest BCUT2D eigenvalue weighted by Gasteiger charge is -2.29. The van der Waals surface area contributed by atoms with Gasteiger partial charge in [-0.2, -0.15) is 0 Å². The molecule has 0 N–H and O–H groups in total. The van der Waals surface area contributed by atoms with Crippen LogP contribution in [0.25, 0.3) is 0 Å². The van der Waals surface area contributed by atoms with E-state index in [2.05, 4.69) is 0 Å². The number of hydrogen-bond donors (Lipinski definition) is 0. The number of ether oxygens (including phenoxy) is 2. The lowest BCUT2D eigenvalue weighted by atomic mass is 10.2. The Morgan fingerprint density at radius 2 is 1.91 bits per heavy atom. The zero-order valence-corrected chi connectivity index (χ0v) is 14.2. The molecule has 122 valence electrons. The molecule has 1 unspecified atom stereocenters. The van der Waals surface area contributed by atoms with E-state index >= 15 is 0 Å². The minimum absolute atomic E-state index is 0.394. The second-order valence-corrected chi connectivity index (χ2v) is 5.58. The normalized spacial score (nSPS) is 11.7. The van der Waals surface area contributed by atoms with Gasteiger partial charge < -0.3 is 14.4 Å². The third-order valence-electron chi connectivity index (χ3n) is 3.39. The molecule has 0 aliphatic carbocycles. The molecule has 2 aromatic carbocycles. The number of rotatable bonds is 5. The summed E-state index contributed by atoms with van der Waals surface area (Å²) in [6, 6.07) is 14.6. The van der Waals surface area contributed by atoms with Crippen molar-refractivity contribution in [3.8, 4) is 5.75 Å². The Morgan fingerprint density at radius 1 is 1.22 bits per heavy atom. The number of hydrogen-bond acceptors (Lipinski definition) is 4. The smallest absolute Gasteiger partial charge is 0.410 e. The van der Waals surface area contributed by atoms with Gasteiger partial charge >= 0.3 is 6.16 Å². The fourth-order valence-electron chi connectivity index (χ4n) is 2.28. The topological polar surface area (TPSA) is 38.8 Å². The summed E-state index contributed by atoms with van der Waals surface area (Å²) in [5.74, 6) is 0.394. The molecule has 0 radical (unpaired) electrons. The first-order valence-corrected chi connectivity index (χ1v) is 7.84. The third-order valence-corrected chi connectivity index (χ3v) is 3.65. The van der Waals surface area contributed by atoms with Crippen LogP contribution in [0.1, 0.15) is 19.4 Å². The second-order valence-electron chi connectivity index (χ2n) is 5.15. The minimum Gasteiger partial charge on any atom is -0.410 e. The van der Waals surface area contributed by atoms with Crippen molar-refractivity contribution in [1.82, 2.24) is 0 Å². The van der Waals surface area contributed by atoms with E-state index in [1.54, 1.807) is 24.3 Å². The molecular weight excluding hydrogens is 314 g/mol. The van der Waals surface area contributed by atoms with Crippen LogP contribution in [0.4, 0.5) is 10.5 Å². The SMILES string of the molecule is CCN(c1cccc(C)c1)C(C)OC(=O)Oc1ccc(Cl)cc1. The van der Waals surface area contributed by atoms with Crippen LogP contribution in [-0.2, 0) is 4.74 Å². The van der Waals surface area contributed by atoms with E-state index in [0.717, 1.165) is 11.3 Å². The molecule has 0 fully saturated rings. The Morgan fingerprint density at radius 3 is 2.52 bits per heavy atom. The zero-order chi connectivity index (χ0) is 16.8. The molecule has 2 aromatic rings. The fraction of sp³-hybridized carbons (Fsp3) is 0.278. The summed E-state index contributed by atoms with van der Waals surface area (Å²) in [5, 5.41) is 0.579. The molecule has 23 heavy (non-hydrogen) atoms. The van der Waals surface area contributed by atoms with Gasteiger partial charge in [-0.3, -0.25) is 0 Å². The highest BCUT2D eigenvalue weighted by Gasteiger charge is 2.18. The fourth-order valence-corrected chi connectivity index (χ4v) is 2.41. The van der Waals surface area contributed by atoms with Gasteiger partial charge in [0.25, 0.3) is 0 Å². The van der Waals surface area contributed by atoms with Crippen molar-refractivity contribution in [2.24, 2.45) is 0 Å².